The molecule has 6 nitrogen and oxygen atoms in total. The maximum Gasteiger partial charge on any atom is 0.407 e. The molecule has 1 saturated carbocycles. The van der Waals surface area contributed by atoms with Gasteiger partial charge in [0.05, 0.1) is 6.54 Å². The Morgan fingerprint density at radius 2 is 1.82 bits per heavy atom. The fraction of sp³-hybridized carbons (Fsp3) is 0.875. The third kappa shape index (κ3) is 4.87. The molecule has 2 rings (SSSR count). The Bertz CT molecular complexity index is 411. The molecule has 0 aromatic heterocycles. The molecule has 1 aliphatic heterocycles. The number of nitrogens with one attached hydrogen (secondary N) is 1. The molecule has 2 fully saturated rings. The standard InChI is InChI=1S/C16H29N3O3/c1-16(2,3)22-15(21)17-12-5-7-13(8-6-12)19-10-9-18(4)11-14(19)20/h12-13H,5-11H2,1-4H3,(H,17,21). The third-order valence-corrected chi connectivity index (χ3v) is 4.31. The van der Waals surface area contributed by atoms with E-state index in [1.165, 1.54) is 0 Å². The van der Waals surface area contributed by atoms with Crippen molar-refractivity contribution in [3.05, 3.63) is 0 Å². The van der Waals surface area contributed by atoms with Crippen LogP contribution in [0.3, 0.4) is 0 Å². The van der Waals surface area contributed by atoms with Crippen LogP contribution in [0, 0.1) is 0 Å². The Hall–Kier alpha value is -1.30. The van der Waals surface area contributed by atoms with Crippen LogP contribution in [0.25, 0.3) is 0 Å². The van der Waals surface area contributed by atoms with Gasteiger partial charge in [-0.05, 0) is 53.5 Å². The number of nitrogens with zero attached hydrogens (tertiary/aromatic N) is 2. The van der Waals surface area contributed by atoms with Gasteiger partial charge in [0.1, 0.15) is 5.60 Å². The van der Waals surface area contributed by atoms with Crippen LogP contribution in [-0.4, -0.2) is 66.2 Å². The topological polar surface area (TPSA) is 61.9 Å². The first kappa shape index (κ1) is 17.1. The lowest BCUT2D eigenvalue weighted by Gasteiger charge is -2.41. The highest BCUT2D eigenvalue weighted by molar-refractivity contribution is 5.79. The van der Waals surface area contributed by atoms with E-state index in [0.29, 0.717) is 12.6 Å². The van der Waals surface area contributed by atoms with E-state index >= 15 is 0 Å². The van der Waals surface area contributed by atoms with Gasteiger partial charge in [-0.15, -0.1) is 0 Å². The van der Waals surface area contributed by atoms with Crippen LogP contribution in [0.4, 0.5) is 4.79 Å². The first-order valence-corrected chi connectivity index (χ1v) is 8.22. The summed E-state index contributed by atoms with van der Waals surface area (Å²) in [4.78, 5) is 28.0. The number of amides is 2. The number of piperazine rings is 1. The Morgan fingerprint density at radius 3 is 2.36 bits per heavy atom. The first-order valence-electron chi connectivity index (χ1n) is 8.22. The molecule has 6 heteroatoms. The average molecular weight is 311 g/mol. The van der Waals surface area contributed by atoms with Crippen molar-refractivity contribution in [3.63, 3.8) is 0 Å². The summed E-state index contributed by atoms with van der Waals surface area (Å²) >= 11 is 0. The van der Waals surface area contributed by atoms with Crippen molar-refractivity contribution < 1.29 is 14.3 Å². The van der Waals surface area contributed by atoms with Crippen LogP contribution < -0.4 is 5.32 Å². The summed E-state index contributed by atoms with van der Waals surface area (Å²) in [5, 5.41) is 2.94. The predicted octanol–water partition coefficient (Wildman–Crippen LogP) is 1.60. The molecule has 0 atom stereocenters. The minimum Gasteiger partial charge on any atom is -0.444 e. The van der Waals surface area contributed by atoms with E-state index in [-0.39, 0.29) is 18.0 Å². The van der Waals surface area contributed by atoms with E-state index in [0.717, 1.165) is 38.8 Å². The largest absolute Gasteiger partial charge is 0.444 e. The predicted molar refractivity (Wildman–Crippen MR) is 84.6 cm³/mol. The number of alkyl carbamates (subject to hydrolysis) is 1. The Labute approximate surface area is 133 Å². The number of rotatable bonds is 2. The molecule has 22 heavy (non-hydrogen) atoms. The molecule has 1 N–H and O–H groups in total. The van der Waals surface area contributed by atoms with Gasteiger partial charge >= 0.3 is 6.09 Å². The highest BCUT2D eigenvalue weighted by atomic mass is 16.6. The second-order valence-electron chi connectivity index (χ2n) is 7.48. The van der Waals surface area contributed by atoms with E-state index in [4.69, 9.17) is 4.74 Å². The van der Waals surface area contributed by atoms with Crippen molar-refractivity contribution in [3.8, 4) is 0 Å². The minimum absolute atomic E-state index is 0.161. The highest BCUT2D eigenvalue weighted by Crippen LogP contribution is 2.24. The molecular weight excluding hydrogens is 282 g/mol. The van der Waals surface area contributed by atoms with E-state index < -0.39 is 5.60 Å². The van der Waals surface area contributed by atoms with Crippen molar-refractivity contribution >= 4 is 12.0 Å². The zero-order valence-corrected chi connectivity index (χ0v) is 14.2. The molecular formula is C16H29N3O3. The molecule has 0 spiro atoms. The molecule has 1 aliphatic carbocycles. The average Bonchev–Trinajstić information content (AvgIpc) is 2.38. The van der Waals surface area contributed by atoms with Gasteiger partial charge in [-0.25, -0.2) is 4.79 Å². The molecule has 2 aliphatic rings. The van der Waals surface area contributed by atoms with Crippen LogP contribution in [0.5, 0.6) is 0 Å². The van der Waals surface area contributed by atoms with Crippen molar-refractivity contribution in [2.45, 2.75) is 64.1 Å². The van der Waals surface area contributed by atoms with Gasteiger partial charge in [0.2, 0.25) is 5.91 Å². The second-order valence-corrected chi connectivity index (χ2v) is 7.48. The summed E-state index contributed by atoms with van der Waals surface area (Å²) in [6.07, 6.45) is 3.38. The number of hydrogen-bond donors (Lipinski definition) is 1. The van der Waals surface area contributed by atoms with E-state index in [2.05, 4.69) is 10.2 Å². The fourth-order valence-electron chi connectivity index (χ4n) is 3.20. The normalized spacial score (nSPS) is 27.6. The summed E-state index contributed by atoms with van der Waals surface area (Å²) in [5.74, 6) is 0.234. The maximum absolute atomic E-state index is 12.1. The summed E-state index contributed by atoms with van der Waals surface area (Å²) < 4.78 is 5.29. The molecule has 2 amide bonds. The lowest BCUT2D eigenvalue weighted by molar-refractivity contribution is -0.138. The van der Waals surface area contributed by atoms with Crippen LogP contribution in [0.2, 0.25) is 0 Å². The van der Waals surface area contributed by atoms with Gasteiger partial charge in [0.15, 0.2) is 0 Å². The van der Waals surface area contributed by atoms with Crippen molar-refractivity contribution in [1.82, 2.24) is 15.1 Å². The second kappa shape index (κ2) is 6.86. The monoisotopic (exact) mass is 311 g/mol. The van der Waals surface area contributed by atoms with Crippen LogP contribution >= 0.6 is 0 Å². The summed E-state index contributed by atoms with van der Waals surface area (Å²) in [6, 6.07) is 0.492. The van der Waals surface area contributed by atoms with Crippen LogP contribution in [0.15, 0.2) is 0 Å². The van der Waals surface area contributed by atoms with Gasteiger partial charge in [0.25, 0.3) is 0 Å². The van der Waals surface area contributed by atoms with Crippen LogP contribution in [0.1, 0.15) is 46.5 Å². The molecule has 0 bridgehead atoms. The summed E-state index contributed by atoms with van der Waals surface area (Å²) in [6.45, 7) is 7.88. The van der Waals surface area contributed by atoms with Crippen molar-refractivity contribution in [2.24, 2.45) is 0 Å². The number of likely N-dealkylation sites (N-methyl/N-ethyl adjacent to an activating group) is 1. The summed E-state index contributed by atoms with van der Waals surface area (Å²) in [5.41, 5.74) is -0.465. The molecule has 1 saturated heterocycles. The van der Waals surface area contributed by atoms with Gasteiger partial charge in [0, 0.05) is 25.2 Å². The van der Waals surface area contributed by atoms with E-state index in [1.54, 1.807) is 0 Å². The van der Waals surface area contributed by atoms with Crippen LogP contribution in [-0.2, 0) is 9.53 Å². The molecule has 0 aromatic rings. The van der Waals surface area contributed by atoms with Crippen molar-refractivity contribution in [2.75, 3.05) is 26.7 Å². The lowest BCUT2D eigenvalue weighted by Crippen LogP contribution is -2.54. The maximum atomic E-state index is 12.1. The number of carbonyl (C=O) groups excluding carboxylic acids is 2. The molecule has 126 valence electrons. The fourth-order valence-corrected chi connectivity index (χ4v) is 3.20. The summed E-state index contributed by atoms with van der Waals surface area (Å²) in [7, 11) is 1.98. The van der Waals surface area contributed by atoms with Gasteiger partial charge in [-0.3, -0.25) is 9.69 Å². The highest BCUT2D eigenvalue weighted by Gasteiger charge is 2.32. The molecule has 1 heterocycles. The van der Waals surface area contributed by atoms with E-state index in [1.807, 2.05) is 32.7 Å². The number of carbonyl (C=O) groups is 2. The Balaban J connectivity index is 1.76. The lowest BCUT2D eigenvalue weighted by atomic mass is 9.90. The molecule has 0 radical (unpaired) electrons. The zero-order valence-electron chi connectivity index (χ0n) is 14.2. The third-order valence-electron chi connectivity index (χ3n) is 4.31. The number of hydrogen-bond acceptors (Lipinski definition) is 4. The van der Waals surface area contributed by atoms with Gasteiger partial charge < -0.3 is 15.0 Å². The Kier molecular flexibility index (Phi) is 5.32. The number of ether oxygens (including phenoxy) is 1. The first-order chi connectivity index (χ1) is 10.2. The molecule has 0 aromatic carbocycles. The minimum atomic E-state index is -0.465. The van der Waals surface area contributed by atoms with Gasteiger partial charge in [-0.1, -0.05) is 0 Å². The SMILES string of the molecule is CN1CCN(C2CCC(NC(=O)OC(C)(C)C)CC2)C(=O)C1. The van der Waals surface area contributed by atoms with Gasteiger partial charge in [-0.2, -0.15) is 0 Å². The van der Waals surface area contributed by atoms with Crippen molar-refractivity contribution in [1.29, 1.82) is 0 Å². The van der Waals surface area contributed by atoms with E-state index in [9.17, 15) is 9.59 Å². The zero-order chi connectivity index (χ0) is 16.3. The molecule has 0 unspecified atom stereocenters. The Morgan fingerprint density at radius 1 is 1.18 bits per heavy atom. The quantitative estimate of drug-likeness (QED) is 0.841. The smallest absolute Gasteiger partial charge is 0.407 e.